The molecule has 0 bridgehead atoms. The molecule has 4 atom stereocenters. The fraction of sp³-hybridized carbons (Fsp3) is 0.650. The van der Waals surface area contributed by atoms with E-state index < -0.39 is 9.84 Å². The number of piperidine rings is 1. The lowest BCUT2D eigenvalue weighted by Gasteiger charge is -2.39. The molecule has 6 nitrogen and oxygen atoms in total. The van der Waals surface area contributed by atoms with Gasteiger partial charge in [-0.3, -0.25) is 5.32 Å². The number of hydrogen-bond acceptors (Lipinski definition) is 7. The molecular weight excluding hydrogens is 394 g/mol. The molecule has 0 amide bonds. The average molecular weight is 424 g/mol. The first-order valence-electron chi connectivity index (χ1n) is 10.0. The van der Waals surface area contributed by atoms with Gasteiger partial charge in [-0.1, -0.05) is 5.16 Å². The van der Waals surface area contributed by atoms with Crippen LogP contribution in [0.5, 0.6) is 0 Å². The van der Waals surface area contributed by atoms with Gasteiger partial charge < -0.3 is 9.74 Å². The van der Waals surface area contributed by atoms with Crippen LogP contribution in [0.25, 0.3) is 0 Å². The van der Waals surface area contributed by atoms with E-state index in [1.165, 1.54) is 31.3 Å². The second-order valence-corrected chi connectivity index (χ2v) is 11.3. The van der Waals surface area contributed by atoms with Gasteiger partial charge in [0.05, 0.1) is 22.8 Å². The van der Waals surface area contributed by atoms with Crippen molar-refractivity contribution in [3.63, 3.8) is 0 Å². The van der Waals surface area contributed by atoms with Gasteiger partial charge in [-0.25, -0.2) is 8.42 Å². The Kier molecular flexibility index (Phi) is 5.90. The first kappa shape index (κ1) is 20.0. The number of benzene rings is 1. The van der Waals surface area contributed by atoms with E-state index in [1.807, 2.05) is 23.9 Å². The number of fused-ring (bicyclic) bond motifs is 1. The minimum absolute atomic E-state index is 0.243. The van der Waals surface area contributed by atoms with Crippen molar-refractivity contribution in [2.75, 3.05) is 30.6 Å². The predicted octanol–water partition coefficient (Wildman–Crippen LogP) is 2.89. The third-order valence-electron chi connectivity index (χ3n) is 6.13. The highest BCUT2D eigenvalue weighted by atomic mass is 32.2. The van der Waals surface area contributed by atoms with Gasteiger partial charge in [0.15, 0.2) is 9.84 Å². The minimum Gasteiger partial charge on any atom is -0.399 e. The third kappa shape index (κ3) is 4.04. The molecule has 3 aliphatic heterocycles. The van der Waals surface area contributed by atoms with Crippen molar-refractivity contribution >= 4 is 33.0 Å². The molecule has 4 rings (SSSR count). The second-order valence-electron chi connectivity index (χ2n) is 7.95. The second kappa shape index (κ2) is 8.24. The molecule has 1 aromatic rings. The van der Waals surface area contributed by atoms with Gasteiger partial charge in [0, 0.05) is 23.7 Å². The van der Waals surface area contributed by atoms with E-state index in [1.54, 1.807) is 19.2 Å². The fourth-order valence-corrected chi connectivity index (χ4v) is 6.69. The van der Waals surface area contributed by atoms with Crippen molar-refractivity contribution in [2.24, 2.45) is 11.1 Å². The van der Waals surface area contributed by atoms with Gasteiger partial charge >= 0.3 is 0 Å². The summed E-state index contributed by atoms with van der Waals surface area (Å²) in [5, 5.41) is 8.74. The van der Waals surface area contributed by atoms with Crippen LogP contribution in [0.1, 0.15) is 32.1 Å². The summed E-state index contributed by atoms with van der Waals surface area (Å²) in [6.45, 7) is 0.988. The van der Waals surface area contributed by atoms with Crippen molar-refractivity contribution in [1.29, 1.82) is 0 Å². The molecule has 1 aromatic carbocycles. The maximum Gasteiger partial charge on any atom is 0.175 e. The Labute approximate surface area is 172 Å². The van der Waals surface area contributed by atoms with Crippen LogP contribution in [0, 0.1) is 5.92 Å². The largest absolute Gasteiger partial charge is 0.399 e. The van der Waals surface area contributed by atoms with Gasteiger partial charge in [-0.2, -0.15) is 11.8 Å². The number of rotatable bonds is 5. The van der Waals surface area contributed by atoms with Crippen molar-refractivity contribution in [2.45, 2.75) is 54.5 Å². The smallest absolute Gasteiger partial charge is 0.175 e. The molecule has 3 saturated heterocycles. The van der Waals surface area contributed by atoms with Gasteiger partial charge in [0.2, 0.25) is 0 Å². The van der Waals surface area contributed by atoms with E-state index in [0.717, 1.165) is 30.8 Å². The third-order valence-corrected chi connectivity index (χ3v) is 8.66. The number of sulfone groups is 1. The van der Waals surface area contributed by atoms with Gasteiger partial charge in [0.25, 0.3) is 0 Å². The molecule has 3 aliphatic rings. The maximum atomic E-state index is 11.7. The number of thioether (sulfide) groups is 1. The summed E-state index contributed by atoms with van der Waals surface area (Å²) in [6.07, 6.45) is 7.37. The summed E-state index contributed by atoms with van der Waals surface area (Å²) in [6, 6.07) is 7.53. The number of nitrogens with one attached hydrogen (secondary N) is 1. The van der Waals surface area contributed by atoms with Crippen molar-refractivity contribution < 1.29 is 13.3 Å². The standard InChI is InChI=1S/C20H29N3O3S2/c1-26-22-19(18-4-3-13-27-18)17-10-5-14-11-12-23(20(14)21-17)15-6-8-16(9-7-15)28(2,24)25/h6-9,14,17-18,20-21H,3-5,10-13H2,1-2H3/b22-19-. The lowest BCUT2D eigenvalue weighted by Crippen LogP contribution is -2.56. The highest BCUT2D eigenvalue weighted by Crippen LogP contribution is 2.37. The predicted molar refractivity (Wildman–Crippen MR) is 115 cm³/mol. The topological polar surface area (TPSA) is 71.0 Å². The first-order valence-corrected chi connectivity index (χ1v) is 13.0. The number of oxime groups is 1. The molecule has 0 aliphatic carbocycles. The molecule has 8 heteroatoms. The van der Waals surface area contributed by atoms with Crippen LogP contribution in [0.4, 0.5) is 5.69 Å². The quantitative estimate of drug-likeness (QED) is 0.580. The van der Waals surface area contributed by atoms with Gasteiger partial charge in [-0.05, 0) is 68.0 Å². The van der Waals surface area contributed by atoms with E-state index in [9.17, 15) is 8.42 Å². The normalized spacial score (nSPS) is 31.1. The lowest BCUT2D eigenvalue weighted by molar-refractivity contribution is 0.207. The molecule has 0 spiro atoms. The molecule has 0 saturated carbocycles. The molecule has 3 heterocycles. The summed E-state index contributed by atoms with van der Waals surface area (Å²) < 4.78 is 23.5. The first-order chi connectivity index (χ1) is 13.5. The van der Waals surface area contributed by atoms with E-state index in [4.69, 9.17) is 4.84 Å². The van der Waals surface area contributed by atoms with E-state index in [-0.39, 0.29) is 12.2 Å². The summed E-state index contributed by atoms with van der Waals surface area (Å²) in [4.78, 5) is 7.96. The summed E-state index contributed by atoms with van der Waals surface area (Å²) >= 11 is 1.99. The Balaban J connectivity index is 1.52. The minimum atomic E-state index is -3.17. The average Bonchev–Trinajstić information content (AvgIpc) is 3.35. The zero-order valence-electron chi connectivity index (χ0n) is 16.5. The Morgan fingerprint density at radius 2 is 2.00 bits per heavy atom. The van der Waals surface area contributed by atoms with Crippen molar-refractivity contribution in [3.05, 3.63) is 24.3 Å². The highest BCUT2D eigenvalue weighted by Gasteiger charge is 2.41. The Morgan fingerprint density at radius 3 is 2.64 bits per heavy atom. The molecular formula is C20H29N3O3S2. The van der Waals surface area contributed by atoms with E-state index >= 15 is 0 Å². The molecule has 1 N–H and O–H groups in total. The van der Waals surface area contributed by atoms with Crippen LogP contribution in [0.15, 0.2) is 34.3 Å². The van der Waals surface area contributed by atoms with Crippen LogP contribution in [-0.2, 0) is 14.7 Å². The van der Waals surface area contributed by atoms with Crippen LogP contribution in [0.3, 0.4) is 0 Å². The van der Waals surface area contributed by atoms with E-state index in [0.29, 0.717) is 16.1 Å². The number of nitrogens with zero attached hydrogens (tertiary/aromatic N) is 2. The van der Waals surface area contributed by atoms with Gasteiger partial charge in [0.1, 0.15) is 7.11 Å². The SMILES string of the molecule is CO/N=C(/C1CCC2CCN(c3ccc(S(C)(=O)=O)cc3)C2N1)C1CCCS1. The van der Waals surface area contributed by atoms with Crippen LogP contribution >= 0.6 is 11.8 Å². The lowest BCUT2D eigenvalue weighted by atomic mass is 9.88. The highest BCUT2D eigenvalue weighted by molar-refractivity contribution is 8.00. The molecule has 154 valence electrons. The fourth-order valence-electron chi connectivity index (χ4n) is 4.73. The molecule has 4 unspecified atom stereocenters. The molecule has 3 fully saturated rings. The summed E-state index contributed by atoms with van der Waals surface area (Å²) in [5.41, 5.74) is 2.23. The maximum absolute atomic E-state index is 11.7. The zero-order valence-corrected chi connectivity index (χ0v) is 18.1. The van der Waals surface area contributed by atoms with Crippen LogP contribution in [0.2, 0.25) is 0 Å². The Morgan fingerprint density at radius 1 is 1.21 bits per heavy atom. The molecule has 0 radical (unpaired) electrons. The van der Waals surface area contributed by atoms with E-state index in [2.05, 4.69) is 15.4 Å². The van der Waals surface area contributed by atoms with Crippen molar-refractivity contribution in [1.82, 2.24) is 5.32 Å². The molecule has 28 heavy (non-hydrogen) atoms. The number of anilines is 1. The zero-order chi connectivity index (χ0) is 19.7. The summed E-state index contributed by atoms with van der Waals surface area (Å²) in [5.74, 6) is 1.82. The van der Waals surface area contributed by atoms with Crippen molar-refractivity contribution in [3.8, 4) is 0 Å². The van der Waals surface area contributed by atoms with Gasteiger partial charge in [-0.15, -0.1) is 0 Å². The Bertz CT molecular complexity index is 820. The van der Waals surface area contributed by atoms with Crippen LogP contribution in [-0.4, -0.2) is 57.3 Å². The molecule has 0 aromatic heterocycles. The summed E-state index contributed by atoms with van der Waals surface area (Å²) in [7, 11) is -1.53. The van der Waals surface area contributed by atoms with Crippen LogP contribution < -0.4 is 10.2 Å². The number of hydrogen-bond donors (Lipinski definition) is 1. The monoisotopic (exact) mass is 423 g/mol. The Hall–Kier alpha value is -1.25.